The predicted molar refractivity (Wildman–Crippen MR) is 69.3 cm³/mol. The second-order valence-corrected chi connectivity index (χ2v) is 4.91. The summed E-state index contributed by atoms with van der Waals surface area (Å²) < 4.78 is 4.99. The van der Waals surface area contributed by atoms with Crippen molar-refractivity contribution in [2.75, 3.05) is 7.11 Å². The van der Waals surface area contributed by atoms with Crippen LogP contribution in [0.5, 0.6) is 0 Å². The molecule has 1 aliphatic rings. The highest BCUT2D eigenvalue weighted by molar-refractivity contribution is 6.65. The number of hydrogen-bond donors (Lipinski definition) is 0. The Hall–Kier alpha value is -0.810. The van der Waals surface area contributed by atoms with Crippen LogP contribution in [0.3, 0.4) is 0 Å². The van der Waals surface area contributed by atoms with Gasteiger partial charge in [0.2, 0.25) is 0 Å². The minimum absolute atomic E-state index is 0.0997. The van der Waals surface area contributed by atoms with Crippen molar-refractivity contribution in [2.24, 2.45) is 5.16 Å². The van der Waals surface area contributed by atoms with Gasteiger partial charge in [0.1, 0.15) is 0 Å². The fourth-order valence-corrected chi connectivity index (χ4v) is 2.29. The lowest BCUT2D eigenvalue weighted by Crippen LogP contribution is -2.38. The number of nitrogens with zero attached hydrogens (tertiary/aromatic N) is 1. The second kappa shape index (κ2) is 5.05. The summed E-state index contributed by atoms with van der Waals surface area (Å²) in [5.41, 5.74) is 1.15. The molecule has 1 unspecified atom stereocenters. The monoisotopic (exact) mass is 307 g/mol. The van der Waals surface area contributed by atoms with Gasteiger partial charge in [0.05, 0.1) is 12.1 Å². The Balaban J connectivity index is 2.30. The summed E-state index contributed by atoms with van der Waals surface area (Å²) in [6, 6.07) is 4.93. The SMILES string of the molecule is COC1(C(=O)Cl)CC(c2cc(Cl)cc(Cl)c2)=NO1. The van der Waals surface area contributed by atoms with E-state index >= 15 is 0 Å². The van der Waals surface area contributed by atoms with Crippen molar-refractivity contribution < 1.29 is 14.4 Å². The highest BCUT2D eigenvalue weighted by atomic mass is 35.5. The van der Waals surface area contributed by atoms with Crippen LogP contribution in [0.2, 0.25) is 10.0 Å². The van der Waals surface area contributed by atoms with Gasteiger partial charge in [0, 0.05) is 22.7 Å². The van der Waals surface area contributed by atoms with E-state index in [1.54, 1.807) is 18.2 Å². The second-order valence-electron chi connectivity index (χ2n) is 3.69. The van der Waals surface area contributed by atoms with Crippen LogP contribution in [0, 0.1) is 0 Å². The van der Waals surface area contributed by atoms with E-state index in [4.69, 9.17) is 44.4 Å². The lowest BCUT2D eigenvalue weighted by molar-refractivity contribution is -0.199. The summed E-state index contributed by atoms with van der Waals surface area (Å²) >= 11 is 17.2. The van der Waals surface area contributed by atoms with E-state index in [1.165, 1.54) is 7.11 Å². The zero-order chi connectivity index (χ0) is 13.3. The van der Waals surface area contributed by atoms with Gasteiger partial charge in [-0.2, -0.15) is 0 Å². The normalized spacial score (nSPS) is 22.6. The van der Waals surface area contributed by atoms with Gasteiger partial charge in [0.25, 0.3) is 5.24 Å². The van der Waals surface area contributed by atoms with Gasteiger partial charge in [0.15, 0.2) is 0 Å². The van der Waals surface area contributed by atoms with E-state index in [2.05, 4.69) is 5.16 Å². The average Bonchev–Trinajstić information content (AvgIpc) is 2.73. The molecule has 0 fully saturated rings. The number of ether oxygens (including phenoxy) is 1. The zero-order valence-corrected chi connectivity index (χ0v) is 11.5. The molecular weight excluding hydrogens is 300 g/mol. The van der Waals surface area contributed by atoms with Crippen molar-refractivity contribution >= 4 is 45.8 Å². The number of rotatable bonds is 3. The van der Waals surface area contributed by atoms with Crippen LogP contribution in [-0.4, -0.2) is 23.9 Å². The van der Waals surface area contributed by atoms with E-state index in [9.17, 15) is 4.79 Å². The first-order valence-electron chi connectivity index (χ1n) is 4.93. The number of halogens is 3. The van der Waals surface area contributed by atoms with E-state index in [-0.39, 0.29) is 6.42 Å². The van der Waals surface area contributed by atoms with E-state index < -0.39 is 11.0 Å². The van der Waals surface area contributed by atoms with Gasteiger partial charge in [-0.05, 0) is 29.8 Å². The molecule has 0 aliphatic carbocycles. The molecule has 0 saturated heterocycles. The number of carbonyl (C=O) groups excluding carboxylic acids is 1. The van der Waals surface area contributed by atoms with Gasteiger partial charge in [-0.25, -0.2) is 0 Å². The zero-order valence-electron chi connectivity index (χ0n) is 9.25. The highest BCUT2D eigenvalue weighted by Crippen LogP contribution is 2.31. The molecule has 1 aliphatic heterocycles. The lowest BCUT2D eigenvalue weighted by Gasteiger charge is -2.19. The smallest absolute Gasteiger partial charge is 0.316 e. The minimum atomic E-state index is -1.56. The molecule has 0 amide bonds. The number of oxime groups is 1. The van der Waals surface area contributed by atoms with Gasteiger partial charge in [-0.1, -0.05) is 28.4 Å². The van der Waals surface area contributed by atoms with Gasteiger partial charge >= 0.3 is 5.79 Å². The lowest BCUT2D eigenvalue weighted by atomic mass is 10.0. The molecule has 1 atom stereocenters. The van der Waals surface area contributed by atoms with Crippen LogP contribution < -0.4 is 0 Å². The third kappa shape index (κ3) is 2.47. The quantitative estimate of drug-likeness (QED) is 0.806. The summed E-state index contributed by atoms with van der Waals surface area (Å²) in [4.78, 5) is 16.3. The van der Waals surface area contributed by atoms with Crippen molar-refractivity contribution in [1.29, 1.82) is 0 Å². The average molecular weight is 309 g/mol. The summed E-state index contributed by atoms with van der Waals surface area (Å²) in [5, 5.41) is 3.97. The Morgan fingerprint density at radius 3 is 2.44 bits per heavy atom. The van der Waals surface area contributed by atoms with E-state index in [0.717, 1.165) is 0 Å². The van der Waals surface area contributed by atoms with Crippen molar-refractivity contribution in [3.8, 4) is 0 Å². The van der Waals surface area contributed by atoms with Crippen LogP contribution in [0.15, 0.2) is 23.4 Å². The van der Waals surface area contributed by atoms with Crippen molar-refractivity contribution in [3.63, 3.8) is 0 Å². The molecule has 96 valence electrons. The fraction of sp³-hybridized carbons (Fsp3) is 0.273. The molecule has 0 spiro atoms. The third-order valence-electron chi connectivity index (χ3n) is 2.53. The van der Waals surface area contributed by atoms with Crippen LogP contribution in [0.1, 0.15) is 12.0 Å². The molecule has 0 aromatic heterocycles. The first kappa shape index (κ1) is 13.6. The van der Waals surface area contributed by atoms with Crippen LogP contribution in [-0.2, 0) is 14.4 Å². The molecule has 2 rings (SSSR count). The maximum atomic E-state index is 11.3. The maximum Gasteiger partial charge on any atom is 0.316 e. The number of carbonyl (C=O) groups is 1. The molecule has 0 N–H and O–H groups in total. The van der Waals surface area contributed by atoms with Crippen molar-refractivity contribution in [1.82, 2.24) is 0 Å². The van der Waals surface area contributed by atoms with E-state index in [0.29, 0.717) is 21.3 Å². The third-order valence-corrected chi connectivity index (χ3v) is 3.25. The van der Waals surface area contributed by atoms with Gasteiger partial charge in [-0.3, -0.25) is 4.79 Å². The minimum Gasteiger partial charge on any atom is -0.350 e. The summed E-state index contributed by atoms with van der Waals surface area (Å²) in [7, 11) is 1.32. The molecule has 4 nitrogen and oxygen atoms in total. The van der Waals surface area contributed by atoms with Gasteiger partial charge < -0.3 is 9.57 Å². The van der Waals surface area contributed by atoms with Crippen molar-refractivity contribution in [2.45, 2.75) is 12.2 Å². The molecule has 0 bridgehead atoms. The first-order valence-corrected chi connectivity index (χ1v) is 6.07. The molecule has 0 saturated carbocycles. The topological polar surface area (TPSA) is 47.9 Å². The molecule has 0 radical (unpaired) electrons. The molecule has 1 aromatic carbocycles. The molecule has 18 heavy (non-hydrogen) atoms. The number of hydrogen-bond acceptors (Lipinski definition) is 4. The summed E-state index contributed by atoms with van der Waals surface area (Å²) in [6.07, 6.45) is 0.0997. The Kier molecular flexibility index (Phi) is 3.82. The molecule has 1 heterocycles. The Labute approximate surface area is 118 Å². The highest BCUT2D eigenvalue weighted by Gasteiger charge is 2.46. The Bertz CT molecular complexity index is 512. The van der Waals surface area contributed by atoms with Crippen molar-refractivity contribution in [3.05, 3.63) is 33.8 Å². The molecule has 1 aromatic rings. The van der Waals surface area contributed by atoms with Crippen LogP contribution >= 0.6 is 34.8 Å². The molecular formula is C11H8Cl3NO3. The Morgan fingerprint density at radius 2 is 2.00 bits per heavy atom. The largest absolute Gasteiger partial charge is 0.350 e. The summed E-state index contributed by atoms with van der Waals surface area (Å²) in [6.45, 7) is 0. The predicted octanol–water partition coefficient (Wildman–Crippen LogP) is 3.23. The molecule has 7 heteroatoms. The standard InChI is InChI=1S/C11H8Cl3NO3/c1-17-11(10(14)16)5-9(15-18-11)6-2-7(12)4-8(13)3-6/h2-4H,5H2,1H3. The van der Waals surface area contributed by atoms with Crippen LogP contribution in [0.4, 0.5) is 0 Å². The van der Waals surface area contributed by atoms with Gasteiger partial charge in [-0.15, -0.1) is 0 Å². The fourth-order valence-electron chi connectivity index (χ4n) is 1.58. The number of benzene rings is 1. The Morgan fingerprint density at radius 1 is 1.39 bits per heavy atom. The maximum absolute atomic E-state index is 11.3. The number of methoxy groups -OCH3 is 1. The summed E-state index contributed by atoms with van der Waals surface area (Å²) in [5.74, 6) is -1.56. The van der Waals surface area contributed by atoms with Crippen LogP contribution in [0.25, 0.3) is 0 Å². The first-order chi connectivity index (χ1) is 8.47. The van der Waals surface area contributed by atoms with E-state index in [1.807, 2.05) is 0 Å².